The van der Waals surface area contributed by atoms with Gasteiger partial charge in [0.1, 0.15) is 0 Å². The van der Waals surface area contributed by atoms with Crippen molar-refractivity contribution in [3.63, 3.8) is 0 Å². The van der Waals surface area contributed by atoms with Crippen molar-refractivity contribution >= 4 is 35.5 Å². The number of thioether (sulfide) groups is 2. The summed E-state index contributed by atoms with van der Waals surface area (Å²) in [6.07, 6.45) is 8.02. The van der Waals surface area contributed by atoms with Gasteiger partial charge in [0.15, 0.2) is 10.7 Å². The van der Waals surface area contributed by atoms with E-state index in [1.54, 1.807) is 0 Å². The average molecular weight is 599 g/mol. The van der Waals surface area contributed by atoms with Crippen LogP contribution in [0.15, 0.2) is 0 Å². The molecule has 12 heteroatoms. The molecule has 0 bridgehead atoms. The molecule has 0 radical (unpaired) electrons. The standard InChI is InChI=1S/C27H50N8OS3/c1-2-12-31(13-3-1)27(32-15-7-28-8-16-32)26(25-29-9-22-37-25,35-14-6-21-38-35)39-24(30-10-4-5-11-30)23-34(27)33-17-19-36-20-18-33/h24-25,28-29H,1-23H2. The van der Waals surface area contributed by atoms with Gasteiger partial charge in [-0.15, -0.1) is 23.5 Å². The zero-order valence-corrected chi connectivity index (χ0v) is 26.2. The van der Waals surface area contributed by atoms with E-state index in [0.717, 1.165) is 65.6 Å². The number of hydrogen-bond donors (Lipinski definition) is 2. The van der Waals surface area contributed by atoms with Crippen LogP contribution in [0.3, 0.4) is 0 Å². The first kappa shape index (κ1) is 28.5. The van der Waals surface area contributed by atoms with Gasteiger partial charge in [-0.3, -0.25) is 14.7 Å². The summed E-state index contributed by atoms with van der Waals surface area (Å²) in [4.78, 5) is 8.74. The highest BCUT2D eigenvalue weighted by atomic mass is 32.2. The molecule has 7 saturated heterocycles. The van der Waals surface area contributed by atoms with E-state index in [1.807, 2.05) is 0 Å². The molecule has 0 amide bonds. The van der Waals surface area contributed by atoms with Gasteiger partial charge in [0.05, 0.1) is 24.0 Å². The van der Waals surface area contributed by atoms with Crippen LogP contribution in [0, 0.1) is 0 Å². The number of nitrogens with zero attached hydrogens (tertiary/aromatic N) is 6. The second-order valence-electron chi connectivity index (χ2n) is 12.1. The number of ether oxygens (including phenoxy) is 1. The highest BCUT2D eigenvalue weighted by molar-refractivity contribution is 8.06. The summed E-state index contributed by atoms with van der Waals surface area (Å²) in [5.74, 6) is 2.28. The Morgan fingerprint density at radius 2 is 1.46 bits per heavy atom. The first-order valence-corrected chi connectivity index (χ1v) is 18.7. The molecule has 222 valence electrons. The fourth-order valence-electron chi connectivity index (χ4n) is 8.25. The lowest BCUT2D eigenvalue weighted by atomic mass is 9.96. The molecule has 0 aromatic rings. The Kier molecular flexibility index (Phi) is 9.29. The molecule has 4 unspecified atom stereocenters. The minimum Gasteiger partial charge on any atom is -0.379 e. The SMILES string of the molecule is C1CCN(C2(N3CCNCC3)N(N3CCOCC3)CC(N3CCCC3)SC2(C2NCCS2)N2CCCS2)CC1. The number of nitrogens with one attached hydrogen (secondary N) is 2. The first-order valence-electron chi connectivity index (χ1n) is 15.8. The van der Waals surface area contributed by atoms with Gasteiger partial charge < -0.3 is 15.4 Å². The molecular weight excluding hydrogens is 549 g/mol. The molecule has 7 fully saturated rings. The van der Waals surface area contributed by atoms with Crippen molar-refractivity contribution in [1.82, 2.24) is 39.7 Å². The maximum atomic E-state index is 5.98. The van der Waals surface area contributed by atoms with Crippen molar-refractivity contribution in [3.05, 3.63) is 0 Å². The number of morpholine rings is 1. The number of hydrogen-bond acceptors (Lipinski definition) is 12. The van der Waals surface area contributed by atoms with Gasteiger partial charge >= 0.3 is 0 Å². The Balaban J connectivity index is 1.44. The van der Waals surface area contributed by atoms with Crippen LogP contribution in [0.1, 0.15) is 38.5 Å². The summed E-state index contributed by atoms with van der Waals surface area (Å²) < 4.78 is 8.91. The van der Waals surface area contributed by atoms with Gasteiger partial charge in [0, 0.05) is 83.5 Å². The van der Waals surface area contributed by atoms with E-state index in [1.165, 1.54) is 82.8 Å². The van der Waals surface area contributed by atoms with E-state index < -0.39 is 0 Å². The second-order valence-corrected chi connectivity index (χ2v) is 15.8. The second kappa shape index (κ2) is 12.7. The van der Waals surface area contributed by atoms with Gasteiger partial charge in [-0.25, -0.2) is 14.3 Å². The van der Waals surface area contributed by atoms with Gasteiger partial charge in [-0.05, 0) is 45.2 Å². The molecule has 2 N–H and O–H groups in total. The zero-order chi connectivity index (χ0) is 26.1. The number of hydrazine groups is 1. The fraction of sp³-hybridized carbons (Fsp3) is 1.00. The zero-order valence-electron chi connectivity index (χ0n) is 23.7. The highest BCUT2D eigenvalue weighted by Crippen LogP contribution is 2.60. The molecule has 0 aliphatic carbocycles. The Labute approximate surface area is 248 Å². The van der Waals surface area contributed by atoms with Gasteiger partial charge in [0.25, 0.3) is 0 Å². The third kappa shape index (κ3) is 5.04. The summed E-state index contributed by atoms with van der Waals surface area (Å²) >= 11 is 6.75. The van der Waals surface area contributed by atoms with Crippen LogP contribution in [-0.2, 0) is 4.74 Å². The average Bonchev–Trinajstić information content (AvgIpc) is 3.82. The molecule has 9 nitrogen and oxygen atoms in total. The lowest BCUT2D eigenvalue weighted by Gasteiger charge is -2.72. The number of likely N-dealkylation sites (tertiary alicyclic amines) is 2. The van der Waals surface area contributed by atoms with Crippen LogP contribution < -0.4 is 10.6 Å². The number of piperidine rings is 1. The minimum absolute atomic E-state index is 0.0895. The van der Waals surface area contributed by atoms with Crippen molar-refractivity contribution < 1.29 is 4.74 Å². The smallest absolute Gasteiger partial charge is 0.176 e. The van der Waals surface area contributed by atoms with Crippen molar-refractivity contribution in [2.75, 3.05) is 110 Å². The summed E-state index contributed by atoms with van der Waals surface area (Å²) in [6, 6.07) is 0. The molecule has 39 heavy (non-hydrogen) atoms. The molecule has 7 rings (SSSR count). The normalized spacial score (nSPS) is 41.5. The van der Waals surface area contributed by atoms with E-state index in [9.17, 15) is 0 Å². The third-order valence-electron chi connectivity index (χ3n) is 9.91. The summed E-state index contributed by atoms with van der Waals surface area (Å²) in [5, 5.41) is 14.5. The van der Waals surface area contributed by atoms with Crippen LogP contribution >= 0.6 is 35.5 Å². The molecule has 0 spiro atoms. The Morgan fingerprint density at radius 3 is 2.15 bits per heavy atom. The van der Waals surface area contributed by atoms with Crippen molar-refractivity contribution in [2.24, 2.45) is 0 Å². The number of piperazine rings is 1. The van der Waals surface area contributed by atoms with Gasteiger partial charge in [-0.1, -0.05) is 18.4 Å². The van der Waals surface area contributed by atoms with E-state index in [4.69, 9.17) is 4.74 Å². The molecule has 7 heterocycles. The lowest BCUT2D eigenvalue weighted by Crippen LogP contribution is -2.90. The van der Waals surface area contributed by atoms with E-state index in [2.05, 4.69) is 75.1 Å². The highest BCUT2D eigenvalue weighted by Gasteiger charge is 2.73. The minimum atomic E-state index is -0.194. The molecule has 0 aromatic carbocycles. The quantitative estimate of drug-likeness (QED) is 0.436. The summed E-state index contributed by atoms with van der Waals surface area (Å²) in [7, 11) is 0. The molecule has 0 aromatic heterocycles. The molecule has 7 aliphatic rings. The molecular formula is C27H50N8OS3. The summed E-state index contributed by atoms with van der Waals surface area (Å²) in [6.45, 7) is 16.5. The molecule has 4 atom stereocenters. The van der Waals surface area contributed by atoms with Gasteiger partial charge in [-0.2, -0.15) is 0 Å². The van der Waals surface area contributed by atoms with Crippen molar-refractivity contribution in [2.45, 2.75) is 59.9 Å². The Bertz CT molecular complexity index is 758. The molecule has 0 saturated carbocycles. The fourth-order valence-corrected chi connectivity index (χ4v) is 13.3. The van der Waals surface area contributed by atoms with E-state index in [0.29, 0.717) is 10.7 Å². The molecule has 7 aliphatic heterocycles. The maximum absolute atomic E-state index is 5.98. The Hall–Kier alpha value is 0.690. The van der Waals surface area contributed by atoms with Crippen LogP contribution in [-0.4, -0.2) is 160 Å². The maximum Gasteiger partial charge on any atom is 0.176 e. The predicted octanol–water partition coefficient (Wildman–Crippen LogP) is 1.46. The van der Waals surface area contributed by atoms with E-state index in [-0.39, 0.29) is 10.7 Å². The topological polar surface area (TPSA) is 52.7 Å². The lowest BCUT2D eigenvalue weighted by molar-refractivity contribution is -0.297. The van der Waals surface area contributed by atoms with Crippen LogP contribution in [0.2, 0.25) is 0 Å². The monoisotopic (exact) mass is 598 g/mol. The summed E-state index contributed by atoms with van der Waals surface area (Å²) in [5.41, 5.74) is 0. The van der Waals surface area contributed by atoms with E-state index >= 15 is 0 Å². The first-order chi connectivity index (χ1) is 19.3. The largest absolute Gasteiger partial charge is 0.379 e. The van der Waals surface area contributed by atoms with Gasteiger partial charge in [0.2, 0.25) is 0 Å². The van der Waals surface area contributed by atoms with Crippen LogP contribution in [0.4, 0.5) is 0 Å². The van der Waals surface area contributed by atoms with Crippen LogP contribution in [0.5, 0.6) is 0 Å². The van der Waals surface area contributed by atoms with Crippen molar-refractivity contribution in [1.29, 1.82) is 0 Å². The van der Waals surface area contributed by atoms with Crippen molar-refractivity contribution in [3.8, 4) is 0 Å². The number of rotatable bonds is 6. The van der Waals surface area contributed by atoms with Crippen LogP contribution in [0.25, 0.3) is 0 Å². The Morgan fingerprint density at radius 1 is 0.718 bits per heavy atom. The third-order valence-corrected chi connectivity index (χ3v) is 14.5. The predicted molar refractivity (Wildman–Crippen MR) is 165 cm³/mol.